The van der Waals surface area contributed by atoms with Crippen LogP contribution in [0.3, 0.4) is 0 Å². The molecule has 33 heavy (non-hydrogen) atoms. The number of nitrogens with two attached hydrogens (primary N) is 1. The summed E-state index contributed by atoms with van der Waals surface area (Å²) in [7, 11) is 2.54. The van der Waals surface area contributed by atoms with Crippen LogP contribution in [0.4, 0.5) is 21.6 Å². The van der Waals surface area contributed by atoms with Crippen LogP contribution in [-0.4, -0.2) is 43.7 Å². The van der Waals surface area contributed by atoms with Crippen LogP contribution in [0.5, 0.6) is 0 Å². The van der Waals surface area contributed by atoms with Gasteiger partial charge >= 0.3 is 0 Å². The van der Waals surface area contributed by atoms with Gasteiger partial charge in [0.25, 0.3) is 0 Å². The smallest absolute Gasteiger partial charge is 0.211 e. The Morgan fingerprint density at radius 3 is 2.88 bits per heavy atom. The van der Waals surface area contributed by atoms with E-state index in [0.717, 1.165) is 5.70 Å². The molecule has 1 aromatic heterocycles. The molecule has 174 valence electrons. The zero-order valence-corrected chi connectivity index (χ0v) is 19.6. The summed E-state index contributed by atoms with van der Waals surface area (Å²) in [5.41, 5.74) is 8.34. The van der Waals surface area contributed by atoms with E-state index in [2.05, 4.69) is 43.6 Å². The van der Waals surface area contributed by atoms with E-state index >= 15 is 0 Å². The Morgan fingerprint density at radius 2 is 2.18 bits per heavy atom. The Balaban J connectivity index is 0.000000245. The van der Waals surface area contributed by atoms with Gasteiger partial charge in [-0.1, -0.05) is 20.4 Å². The van der Waals surface area contributed by atoms with Gasteiger partial charge in [-0.3, -0.25) is 9.79 Å². The molecule has 0 saturated carbocycles. The molecule has 1 aliphatic heterocycles. The number of ether oxygens (including phenoxy) is 1. The fraction of sp³-hybridized carbons (Fsp3) is 0.261. The predicted molar refractivity (Wildman–Crippen MR) is 134 cm³/mol. The highest BCUT2D eigenvalue weighted by Gasteiger charge is 2.07. The molecule has 0 fully saturated rings. The maximum atomic E-state index is 13.6. The molecule has 0 bridgehead atoms. The number of allylic oxidation sites excluding steroid dienone is 1. The van der Waals surface area contributed by atoms with Crippen molar-refractivity contribution < 1.29 is 13.9 Å². The molecule has 3 rings (SSSR count). The zero-order chi connectivity index (χ0) is 23.9. The van der Waals surface area contributed by atoms with Crippen LogP contribution in [0, 0.1) is 17.7 Å². The molecule has 0 spiro atoms. The first-order valence-corrected chi connectivity index (χ1v) is 11.3. The molecule has 0 radical (unpaired) electrons. The number of carbonyl (C=O) groups excluding carboxylic acids is 1. The molecular formula is C23H28FN6O2P. The monoisotopic (exact) mass is 470 g/mol. The summed E-state index contributed by atoms with van der Waals surface area (Å²) >= 11 is 0. The van der Waals surface area contributed by atoms with E-state index in [9.17, 15) is 9.18 Å². The predicted octanol–water partition coefficient (Wildman–Crippen LogP) is 3.16. The minimum absolute atomic E-state index is 0.127. The number of amides is 1. The van der Waals surface area contributed by atoms with Crippen molar-refractivity contribution in [3.8, 4) is 11.8 Å². The van der Waals surface area contributed by atoms with Crippen molar-refractivity contribution in [2.24, 2.45) is 4.99 Å². The SMILES string of the molecule is CNCC#CCOC1C=NC(C)=CP1.Nc1ncccc1NCc1cc(NC=O)ccc1F. The fourth-order valence-electron chi connectivity index (χ4n) is 2.52. The molecule has 1 aromatic carbocycles. The molecule has 0 aliphatic carbocycles. The van der Waals surface area contributed by atoms with E-state index < -0.39 is 0 Å². The van der Waals surface area contributed by atoms with Gasteiger partial charge in [-0.05, 0) is 50.1 Å². The van der Waals surface area contributed by atoms with Crippen LogP contribution in [-0.2, 0) is 16.1 Å². The Morgan fingerprint density at radius 1 is 1.33 bits per heavy atom. The van der Waals surface area contributed by atoms with E-state index in [1.165, 1.54) is 12.1 Å². The molecule has 8 nitrogen and oxygen atoms in total. The van der Waals surface area contributed by atoms with Crippen LogP contribution >= 0.6 is 8.58 Å². The van der Waals surface area contributed by atoms with Crippen molar-refractivity contribution in [3.63, 3.8) is 0 Å². The molecule has 2 aromatic rings. The third kappa shape index (κ3) is 9.79. The number of halogens is 1. The van der Waals surface area contributed by atoms with Crippen molar-refractivity contribution in [1.29, 1.82) is 0 Å². The van der Waals surface area contributed by atoms with Crippen molar-refractivity contribution in [2.75, 3.05) is 36.6 Å². The van der Waals surface area contributed by atoms with E-state index in [1.54, 1.807) is 24.4 Å². The summed E-state index contributed by atoms with van der Waals surface area (Å²) < 4.78 is 19.1. The number of hydrogen-bond acceptors (Lipinski definition) is 7. The fourth-order valence-corrected chi connectivity index (χ4v) is 3.34. The van der Waals surface area contributed by atoms with Crippen LogP contribution in [0.2, 0.25) is 0 Å². The summed E-state index contributed by atoms with van der Waals surface area (Å²) in [6.07, 6.45) is 3.98. The van der Waals surface area contributed by atoms with Gasteiger partial charge in [0, 0.05) is 35.9 Å². The number of nitrogens with one attached hydrogen (secondary N) is 3. The molecule has 10 heteroatoms. The van der Waals surface area contributed by atoms with Crippen LogP contribution in [0.1, 0.15) is 12.5 Å². The quantitative estimate of drug-likeness (QED) is 0.268. The summed E-state index contributed by atoms with van der Waals surface area (Å²) in [5, 5.41) is 8.42. The maximum Gasteiger partial charge on any atom is 0.211 e. The van der Waals surface area contributed by atoms with Crippen LogP contribution in [0.15, 0.2) is 53.0 Å². The van der Waals surface area contributed by atoms with Gasteiger partial charge in [-0.15, -0.1) is 0 Å². The first-order chi connectivity index (χ1) is 16.0. The number of aliphatic imine (C=N–C) groups is 1. The molecule has 2 heterocycles. The van der Waals surface area contributed by atoms with E-state index in [0.29, 0.717) is 50.9 Å². The summed E-state index contributed by atoms with van der Waals surface area (Å²) in [5.74, 6) is 8.10. The lowest BCUT2D eigenvalue weighted by molar-refractivity contribution is -0.105. The second-order valence-corrected chi connectivity index (χ2v) is 7.90. The van der Waals surface area contributed by atoms with Crippen LogP contribution in [0.25, 0.3) is 0 Å². The number of hydrogen-bond donors (Lipinski definition) is 4. The van der Waals surface area contributed by atoms with Gasteiger partial charge in [-0.25, -0.2) is 9.37 Å². The van der Waals surface area contributed by atoms with Gasteiger partial charge in [0.2, 0.25) is 6.41 Å². The van der Waals surface area contributed by atoms with Gasteiger partial charge in [0.15, 0.2) is 0 Å². The van der Waals surface area contributed by atoms with E-state index in [1.807, 2.05) is 20.2 Å². The lowest BCUT2D eigenvalue weighted by atomic mass is 10.2. The normalized spacial score (nSPS) is 14.9. The van der Waals surface area contributed by atoms with E-state index in [-0.39, 0.29) is 18.2 Å². The van der Waals surface area contributed by atoms with Crippen molar-refractivity contribution >= 4 is 38.4 Å². The topological polar surface area (TPSA) is 114 Å². The zero-order valence-electron chi connectivity index (χ0n) is 18.6. The highest BCUT2D eigenvalue weighted by atomic mass is 31.1. The molecule has 0 saturated heterocycles. The Kier molecular flexibility index (Phi) is 11.6. The molecule has 2 unspecified atom stereocenters. The van der Waals surface area contributed by atoms with Crippen molar-refractivity contribution in [2.45, 2.75) is 19.3 Å². The average molecular weight is 470 g/mol. The molecule has 1 aliphatic rings. The Bertz CT molecular complexity index is 1040. The average Bonchev–Trinajstić information content (AvgIpc) is 2.82. The van der Waals surface area contributed by atoms with Gasteiger partial charge in [0.05, 0.1) is 12.2 Å². The third-order valence-corrected chi connectivity index (χ3v) is 5.40. The number of nitrogen functional groups attached to an aromatic ring is 1. The number of aromatic nitrogens is 1. The lowest BCUT2D eigenvalue weighted by Crippen LogP contribution is -2.10. The van der Waals surface area contributed by atoms with Gasteiger partial charge < -0.3 is 26.4 Å². The third-order valence-electron chi connectivity index (χ3n) is 4.17. The number of carbonyl (C=O) groups is 1. The summed E-state index contributed by atoms with van der Waals surface area (Å²) in [4.78, 5) is 18.5. The van der Waals surface area contributed by atoms with Crippen LogP contribution < -0.4 is 21.7 Å². The molecule has 5 N–H and O–H groups in total. The molecule has 1 amide bonds. The largest absolute Gasteiger partial charge is 0.382 e. The minimum atomic E-state index is -0.355. The number of nitrogens with zero attached hydrogens (tertiary/aromatic N) is 2. The summed E-state index contributed by atoms with van der Waals surface area (Å²) in [6.45, 7) is 3.43. The molecular weight excluding hydrogens is 442 g/mol. The minimum Gasteiger partial charge on any atom is -0.382 e. The Labute approximate surface area is 195 Å². The lowest BCUT2D eigenvalue weighted by Gasteiger charge is -2.12. The number of pyridine rings is 1. The number of rotatable bonds is 8. The maximum absolute atomic E-state index is 13.6. The first kappa shape index (κ1) is 25.9. The Hall–Kier alpha value is -3.31. The van der Waals surface area contributed by atoms with E-state index in [4.69, 9.17) is 10.5 Å². The highest BCUT2D eigenvalue weighted by Crippen LogP contribution is 2.26. The highest BCUT2D eigenvalue weighted by molar-refractivity contribution is 7.43. The second-order valence-electron chi connectivity index (χ2n) is 6.70. The standard InChI is InChI=1S/C13H13FN4O.C10H15N2OP/c14-11-4-3-10(18-8-19)6-9(11)7-17-12-2-1-5-16-13(12)15;1-9-8-14-10(7-12-9)13-6-4-3-5-11-2/h1-6,8,17H,7H2,(H2,15,16)(H,18,19);7-8,10-11,14H,5-6H2,1-2H3. The number of benzene rings is 1. The van der Waals surface area contributed by atoms with Gasteiger partial charge in [0.1, 0.15) is 24.1 Å². The second kappa shape index (κ2) is 14.7. The van der Waals surface area contributed by atoms with Crippen molar-refractivity contribution in [3.05, 3.63) is 59.4 Å². The van der Waals surface area contributed by atoms with Gasteiger partial charge in [-0.2, -0.15) is 0 Å². The van der Waals surface area contributed by atoms with Crippen molar-refractivity contribution in [1.82, 2.24) is 10.3 Å². The first-order valence-electron chi connectivity index (χ1n) is 10.2. The number of anilines is 3. The molecule has 2 atom stereocenters. The summed E-state index contributed by atoms with van der Waals surface area (Å²) in [6, 6.07) is 7.84.